The fourth-order valence-corrected chi connectivity index (χ4v) is 2.68. The maximum atomic E-state index is 11.7. The minimum Gasteiger partial charge on any atom is -0.397 e. The Hall–Kier alpha value is -0.740. The lowest BCUT2D eigenvalue weighted by atomic mass is 10.2. The highest BCUT2D eigenvalue weighted by Crippen LogP contribution is 2.51. The van der Waals surface area contributed by atoms with Crippen LogP contribution in [-0.4, -0.2) is 14.2 Å². The van der Waals surface area contributed by atoms with Gasteiger partial charge >= 0.3 is 7.82 Å². The number of thioether (sulfide) groups is 1. The average molecular weight is 274 g/mol. The summed E-state index contributed by atoms with van der Waals surface area (Å²) < 4.78 is 26.1. The van der Waals surface area contributed by atoms with Crippen molar-refractivity contribution in [3.63, 3.8) is 0 Å². The Labute approximate surface area is 106 Å². The number of hydrogen-bond donors (Lipinski definition) is 0. The quantitative estimate of drug-likeness (QED) is 0.446. The molecule has 0 N–H and O–H groups in total. The third-order valence-corrected chi connectivity index (χ3v) is 4.43. The van der Waals surface area contributed by atoms with E-state index in [-0.39, 0.29) is 5.09 Å². The van der Waals surface area contributed by atoms with Crippen molar-refractivity contribution in [2.45, 2.75) is 11.8 Å². The molecule has 0 heterocycles. The summed E-state index contributed by atoms with van der Waals surface area (Å²) in [6, 6.07) is 7.76. The molecule has 0 aliphatic rings. The van der Waals surface area contributed by atoms with Crippen LogP contribution in [0.4, 0.5) is 0 Å². The van der Waals surface area contributed by atoms with Gasteiger partial charge in [0.2, 0.25) is 0 Å². The molecule has 0 spiro atoms. The normalized spacial score (nSPS) is 11.2. The molecule has 1 rings (SSSR count). The fraction of sp³-hybridized carbons (Fsp3) is 0.273. The van der Waals surface area contributed by atoms with Gasteiger partial charge in [-0.05, 0) is 25.1 Å². The summed E-state index contributed by atoms with van der Waals surface area (Å²) in [7, 11) is -0.990. The molecule has 0 atom stereocenters. The number of phosphoric ester groups is 1. The van der Waals surface area contributed by atoms with Crippen LogP contribution >= 0.6 is 19.6 Å². The number of hydrogen-bond acceptors (Lipinski definition) is 5. The van der Waals surface area contributed by atoms with Gasteiger partial charge in [0, 0.05) is 19.1 Å². The first-order valence-electron chi connectivity index (χ1n) is 4.84. The predicted octanol–water partition coefficient (Wildman–Crippen LogP) is 3.98. The molecule has 0 aliphatic carbocycles. The lowest BCUT2D eigenvalue weighted by molar-refractivity contribution is 0.191. The molecular weight excluding hydrogens is 259 g/mol. The Balaban J connectivity index is 2.68. The Bertz CT molecular complexity index is 439. The zero-order chi connectivity index (χ0) is 12.9. The summed E-state index contributed by atoms with van der Waals surface area (Å²) in [6.07, 6.45) is 0. The molecule has 0 fully saturated rings. The molecule has 0 radical (unpaired) electrons. The minimum absolute atomic E-state index is 0.270. The first-order valence-corrected chi connectivity index (χ1v) is 7.12. The Morgan fingerprint density at radius 3 is 2.41 bits per heavy atom. The van der Waals surface area contributed by atoms with Gasteiger partial charge in [0.25, 0.3) is 0 Å². The molecule has 4 nitrogen and oxygen atoms in total. The summed E-state index contributed by atoms with van der Waals surface area (Å²) in [5.74, 6) is 0. The average Bonchev–Trinajstić information content (AvgIpc) is 2.32. The van der Waals surface area contributed by atoms with Gasteiger partial charge in [-0.25, -0.2) is 4.57 Å². The number of rotatable bonds is 6. The number of aryl methyl sites for hydroxylation is 1. The molecular formula is C11H15O4PS. The van der Waals surface area contributed by atoms with Crippen molar-refractivity contribution in [3.05, 3.63) is 41.5 Å². The van der Waals surface area contributed by atoms with E-state index in [1.807, 2.05) is 31.2 Å². The highest BCUT2D eigenvalue weighted by molar-refractivity contribution is 8.03. The lowest BCUT2D eigenvalue weighted by Gasteiger charge is -2.15. The maximum Gasteiger partial charge on any atom is 0.530 e. The molecule has 1 aromatic rings. The molecule has 0 unspecified atom stereocenters. The van der Waals surface area contributed by atoms with Gasteiger partial charge in [0.15, 0.2) is 5.09 Å². The van der Waals surface area contributed by atoms with Crippen LogP contribution in [0, 0.1) is 6.92 Å². The van der Waals surface area contributed by atoms with Crippen LogP contribution in [0.1, 0.15) is 5.56 Å². The molecule has 6 heteroatoms. The second kappa shape index (κ2) is 6.26. The zero-order valence-corrected chi connectivity index (χ0v) is 11.7. The SMILES string of the molecule is C=C(OP(=O)(OC)OC)Sc1ccccc1C. The number of benzene rings is 1. The van der Waals surface area contributed by atoms with E-state index in [1.165, 1.54) is 26.0 Å². The second-order valence-corrected chi connectivity index (χ2v) is 6.05. The van der Waals surface area contributed by atoms with Gasteiger partial charge in [-0.2, -0.15) is 0 Å². The minimum atomic E-state index is -3.51. The molecule has 0 bridgehead atoms. The fourth-order valence-electron chi connectivity index (χ4n) is 1.09. The predicted molar refractivity (Wildman–Crippen MR) is 68.9 cm³/mol. The number of phosphoric acid groups is 1. The maximum absolute atomic E-state index is 11.7. The largest absolute Gasteiger partial charge is 0.530 e. The molecule has 0 amide bonds. The smallest absolute Gasteiger partial charge is 0.397 e. The first-order chi connectivity index (χ1) is 8.00. The van der Waals surface area contributed by atoms with Gasteiger partial charge in [-0.3, -0.25) is 9.05 Å². The summed E-state index contributed by atoms with van der Waals surface area (Å²) in [6.45, 7) is 5.65. The molecule has 0 aliphatic heterocycles. The van der Waals surface area contributed by atoms with Crippen LogP contribution in [0.2, 0.25) is 0 Å². The van der Waals surface area contributed by atoms with Crippen LogP contribution in [0.15, 0.2) is 40.8 Å². The van der Waals surface area contributed by atoms with E-state index < -0.39 is 7.82 Å². The van der Waals surface area contributed by atoms with Crippen LogP contribution in [0.3, 0.4) is 0 Å². The van der Waals surface area contributed by atoms with E-state index in [0.29, 0.717) is 0 Å². The molecule has 1 aromatic carbocycles. The van der Waals surface area contributed by atoms with E-state index in [1.54, 1.807) is 0 Å². The van der Waals surface area contributed by atoms with E-state index in [0.717, 1.165) is 10.5 Å². The summed E-state index contributed by atoms with van der Waals surface area (Å²) in [5.41, 5.74) is 1.09. The van der Waals surface area contributed by atoms with Crippen LogP contribution in [0.5, 0.6) is 0 Å². The molecule has 0 saturated carbocycles. The topological polar surface area (TPSA) is 44.8 Å². The monoisotopic (exact) mass is 274 g/mol. The summed E-state index contributed by atoms with van der Waals surface area (Å²) in [4.78, 5) is 0.983. The highest BCUT2D eigenvalue weighted by Gasteiger charge is 2.25. The zero-order valence-electron chi connectivity index (χ0n) is 10.0. The third kappa shape index (κ3) is 4.21. The molecule has 0 aromatic heterocycles. The summed E-state index contributed by atoms with van der Waals surface area (Å²) in [5, 5.41) is 0.270. The van der Waals surface area contributed by atoms with Gasteiger partial charge < -0.3 is 4.52 Å². The van der Waals surface area contributed by atoms with E-state index in [9.17, 15) is 4.57 Å². The molecule has 17 heavy (non-hydrogen) atoms. The standard InChI is InChI=1S/C11H15O4PS/c1-9-7-5-6-8-11(9)17-10(2)15-16(12,13-3)14-4/h5-8H,2H2,1,3-4H3. The Morgan fingerprint density at radius 2 is 1.88 bits per heavy atom. The van der Waals surface area contributed by atoms with Crippen molar-refractivity contribution in [2.24, 2.45) is 0 Å². The van der Waals surface area contributed by atoms with Crippen molar-refractivity contribution in [2.75, 3.05) is 14.2 Å². The van der Waals surface area contributed by atoms with Gasteiger partial charge in [0.1, 0.15) is 0 Å². The van der Waals surface area contributed by atoms with Gasteiger partial charge in [-0.15, -0.1) is 0 Å². The Morgan fingerprint density at radius 1 is 1.29 bits per heavy atom. The van der Waals surface area contributed by atoms with Gasteiger partial charge in [0.05, 0.1) is 0 Å². The lowest BCUT2D eigenvalue weighted by Crippen LogP contribution is -1.93. The van der Waals surface area contributed by atoms with Crippen molar-refractivity contribution in [3.8, 4) is 0 Å². The van der Waals surface area contributed by atoms with Crippen molar-refractivity contribution >= 4 is 19.6 Å². The van der Waals surface area contributed by atoms with Crippen LogP contribution in [0.25, 0.3) is 0 Å². The van der Waals surface area contributed by atoms with Gasteiger partial charge in [-0.1, -0.05) is 30.0 Å². The van der Waals surface area contributed by atoms with Crippen LogP contribution in [-0.2, 0) is 18.1 Å². The molecule has 0 saturated heterocycles. The molecule has 94 valence electrons. The van der Waals surface area contributed by atoms with E-state index in [4.69, 9.17) is 4.52 Å². The van der Waals surface area contributed by atoms with E-state index >= 15 is 0 Å². The van der Waals surface area contributed by atoms with Crippen molar-refractivity contribution in [1.29, 1.82) is 0 Å². The summed E-state index contributed by atoms with van der Waals surface area (Å²) >= 11 is 1.28. The van der Waals surface area contributed by atoms with Crippen molar-refractivity contribution < 1.29 is 18.1 Å². The van der Waals surface area contributed by atoms with Crippen LogP contribution < -0.4 is 0 Å². The first kappa shape index (κ1) is 14.3. The third-order valence-electron chi connectivity index (χ3n) is 1.98. The Kier molecular flexibility index (Phi) is 5.28. The van der Waals surface area contributed by atoms with Crippen molar-refractivity contribution in [1.82, 2.24) is 0 Å². The second-order valence-electron chi connectivity index (χ2n) is 3.14. The highest BCUT2D eigenvalue weighted by atomic mass is 32.2. The van der Waals surface area contributed by atoms with E-state index in [2.05, 4.69) is 15.6 Å².